The van der Waals surface area contributed by atoms with Crippen LogP contribution in [0.5, 0.6) is 11.5 Å². The van der Waals surface area contributed by atoms with Crippen LogP contribution in [0.3, 0.4) is 0 Å². The van der Waals surface area contributed by atoms with Gasteiger partial charge in [0, 0.05) is 6.07 Å². The molecule has 1 saturated carbocycles. The van der Waals surface area contributed by atoms with Crippen LogP contribution in [-0.4, -0.2) is 18.5 Å². The summed E-state index contributed by atoms with van der Waals surface area (Å²) in [5.74, 6) is 2.13. The van der Waals surface area contributed by atoms with Gasteiger partial charge in [0.15, 0.2) is 5.78 Å². The molecule has 1 heterocycles. The lowest BCUT2D eigenvalue weighted by molar-refractivity contribution is 0.0379. The van der Waals surface area contributed by atoms with Gasteiger partial charge in [-0.15, -0.1) is 0 Å². The number of hydrogen-bond donors (Lipinski definition) is 0. The van der Waals surface area contributed by atoms with Crippen molar-refractivity contribution in [3.63, 3.8) is 0 Å². The van der Waals surface area contributed by atoms with Crippen LogP contribution < -0.4 is 9.47 Å². The van der Waals surface area contributed by atoms with Crippen LogP contribution in [0.25, 0.3) is 0 Å². The summed E-state index contributed by atoms with van der Waals surface area (Å²) >= 11 is 0. The molecule has 1 atom stereocenters. The molecule has 3 nitrogen and oxygen atoms in total. The van der Waals surface area contributed by atoms with Crippen LogP contribution in [0.4, 0.5) is 0 Å². The number of carbonyl (C=O) groups excluding carboxylic acids is 1. The van der Waals surface area contributed by atoms with Gasteiger partial charge in [-0.25, -0.2) is 0 Å². The molecule has 1 unspecified atom stereocenters. The number of fused-ring (bicyclic) bond motifs is 1. The van der Waals surface area contributed by atoms with E-state index < -0.39 is 0 Å². The minimum Gasteiger partial charge on any atom is -0.497 e. The molecule has 1 fully saturated rings. The van der Waals surface area contributed by atoms with Gasteiger partial charge in [-0.05, 0) is 37.8 Å². The average molecular weight is 232 g/mol. The molecule has 3 rings (SSSR count). The Kier molecular flexibility index (Phi) is 2.18. The number of ketones is 1. The highest BCUT2D eigenvalue weighted by atomic mass is 16.5. The molecule has 0 radical (unpaired) electrons. The summed E-state index contributed by atoms with van der Waals surface area (Å²) in [6.45, 7) is 2.05. The average Bonchev–Trinajstić information content (AvgIpc) is 3.12. The smallest absolute Gasteiger partial charge is 0.170 e. The number of benzene rings is 1. The van der Waals surface area contributed by atoms with Crippen LogP contribution >= 0.6 is 0 Å². The quantitative estimate of drug-likeness (QED) is 0.786. The van der Waals surface area contributed by atoms with Gasteiger partial charge in [0.25, 0.3) is 0 Å². The summed E-state index contributed by atoms with van der Waals surface area (Å²) < 4.78 is 11.2. The molecule has 0 N–H and O–H groups in total. The van der Waals surface area contributed by atoms with Gasteiger partial charge in [0.2, 0.25) is 0 Å². The molecule has 1 aliphatic carbocycles. The summed E-state index contributed by atoms with van der Waals surface area (Å²) in [7, 11) is 1.62. The van der Waals surface area contributed by atoms with Crippen LogP contribution in [0.2, 0.25) is 0 Å². The molecule has 2 aliphatic rings. The van der Waals surface area contributed by atoms with Gasteiger partial charge in [-0.3, -0.25) is 4.79 Å². The van der Waals surface area contributed by atoms with E-state index in [1.807, 2.05) is 13.0 Å². The Bertz CT molecular complexity index is 476. The van der Waals surface area contributed by atoms with Crippen molar-refractivity contribution < 1.29 is 14.3 Å². The molecule has 0 bridgehead atoms. The predicted octanol–water partition coefficient (Wildman–Crippen LogP) is 2.83. The van der Waals surface area contributed by atoms with Crippen molar-refractivity contribution >= 4 is 5.78 Å². The zero-order chi connectivity index (χ0) is 12.0. The second-order valence-corrected chi connectivity index (χ2v) is 5.15. The highest BCUT2D eigenvalue weighted by Crippen LogP contribution is 2.48. The second kappa shape index (κ2) is 3.49. The highest BCUT2D eigenvalue weighted by molar-refractivity contribution is 6.00. The number of methoxy groups -OCH3 is 1. The second-order valence-electron chi connectivity index (χ2n) is 5.15. The van der Waals surface area contributed by atoms with E-state index in [4.69, 9.17) is 9.47 Å². The van der Waals surface area contributed by atoms with Crippen molar-refractivity contribution in [2.45, 2.75) is 31.8 Å². The normalized spacial score (nSPS) is 27.3. The Morgan fingerprint density at radius 2 is 2.18 bits per heavy atom. The fourth-order valence-electron chi connectivity index (χ4n) is 2.57. The van der Waals surface area contributed by atoms with E-state index >= 15 is 0 Å². The van der Waals surface area contributed by atoms with Crippen LogP contribution in [0.1, 0.15) is 36.5 Å². The Morgan fingerprint density at radius 3 is 2.82 bits per heavy atom. The largest absolute Gasteiger partial charge is 0.497 e. The zero-order valence-electron chi connectivity index (χ0n) is 10.2. The molecular formula is C14H16O3. The van der Waals surface area contributed by atoms with Crippen LogP contribution in [-0.2, 0) is 0 Å². The third-order valence-electron chi connectivity index (χ3n) is 3.78. The van der Waals surface area contributed by atoms with Gasteiger partial charge in [0.1, 0.15) is 17.1 Å². The van der Waals surface area contributed by atoms with Crippen molar-refractivity contribution in [3.05, 3.63) is 23.8 Å². The molecule has 1 aromatic rings. The molecule has 0 amide bonds. The van der Waals surface area contributed by atoms with E-state index in [1.165, 1.54) is 12.8 Å². The predicted molar refractivity (Wildman–Crippen MR) is 63.7 cm³/mol. The number of Topliss-reactive ketones (excluding diaryl/α,β-unsaturated/α-hetero) is 1. The van der Waals surface area contributed by atoms with Gasteiger partial charge < -0.3 is 9.47 Å². The van der Waals surface area contributed by atoms with Gasteiger partial charge in [-0.2, -0.15) is 0 Å². The first-order valence-corrected chi connectivity index (χ1v) is 6.03. The molecule has 17 heavy (non-hydrogen) atoms. The summed E-state index contributed by atoms with van der Waals surface area (Å²) in [6, 6.07) is 5.41. The first-order valence-electron chi connectivity index (χ1n) is 6.03. The van der Waals surface area contributed by atoms with Gasteiger partial charge in [0.05, 0.1) is 19.1 Å². The minimum atomic E-state index is -0.309. The van der Waals surface area contributed by atoms with Gasteiger partial charge >= 0.3 is 0 Å². The Balaban J connectivity index is 2.00. The van der Waals surface area contributed by atoms with Crippen molar-refractivity contribution in [2.75, 3.05) is 7.11 Å². The molecule has 0 spiro atoms. The van der Waals surface area contributed by atoms with E-state index in [-0.39, 0.29) is 11.4 Å². The van der Waals surface area contributed by atoms with Crippen molar-refractivity contribution in [3.8, 4) is 11.5 Å². The highest BCUT2D eigenvalue weighted by Gasteiger charge is 2.47. The fraction of sp³-hybridized carbons (Fsp3) is 0.500. The number of carbonyl (C=O) groups is 1. The first-order chi connectivity index (χ1) is 8.12. The van der Waals surface area contributed by atoms with Crippen molar-refractivity contribution in [1.29, 1.82) is 0 Å². The molecule has 90 valence electrons. The van der Waals surface area contributed by atoms with Crippen LogP contribution in [0, 0.1) is 5.92 Å². The van der Waals surface area contributed by atoms with E-state index in [9.17, 15) is 4.79 Å². The summed E-state index contributed by atoms with van der Waals surface area (Å²) in [6.07, 6.45) is 2.84. The number of hydrogen-bond acceptors (Lipinski definition) is 3. The summed E-state index contributed by atoms with van der Waals surface area (Å²) in [5, 5.41) is 0. The maximum Gasteiger partial charge on any atom is 0.170 e. The lowest BCUT2D eigenvalue weighted by Gasteiger charge is -2.35. The molecule has 3 heteroatoms. The number of ether oxygens (including phenoxy) is 2. The fourth-order valence-corrected chi connectivity index (χ4v) is 2.57. The summed E-state index contributed by atoms with van der Waals surface area (Å²) in [4.78, 5) is 12.1. The lowest BCUT2D eigenvalue weighted by Crippen LogP contribution is -2.41. The van der Waals surface area contributed by atoms with E-state index in [1.54, 1.807) is 19.2 Å². The summed E-state index contributed by atoms with van der Waals surface area (Å²) in [5.41, 5.74) is 0.375. The van der Waals surface area contributed by atoms with Crippen molar-refractivity contribution in [1.82, 2.24) is 0 Å². The van der Waals surface area contributed by atoms with E-state index in [2.05, 4.69) is 0 Å². The minimum absolute atomic E-state index is 0.184. The van der Waals surface area contributed by atoms with Crippen molar-refractivity contribution in [2.24, 2.45) is 5.92 Å². The lowest BCUT2D eigenvalue weighted by atomic mass is 9.87. The first kappa shape index (κ1) is 10.6. The Morgan fingerprint density at radius 1 is 1.41 bits per heavy atom. The molecule has 0 saturated heterocycles. The topological polar surface area (TPSA) is 35.5 Å². The maximum atomic E-state index is 12.1. The molecule has 1 aromatic carbocycles. The third-order valence-corrected chi connectivity index (χ3v) is 3.78. The van der Waals surface area contributed by atoms with Crippen LogP contribution in [0.15, 0.2) is 18.2 Å². The van der Waals surface area contributed by atoms with Gasteiger partial charge in [-0.1, -0.05) is 0 Å². The number of rotatable bonds is 2. The monoisotopic (exact) mass is 232 g/mol. The third kappa shape index (κ3) is 1.70. The Hall–Kier alpha value is -1.51. The van der Waals surface area contributed by atoms with E-state index in [0.717, 1.165) is 5.75 Å². The Labute approximate surface area is 101 Å². The molecule has 0 aromatic heterocycles. The molecule has 1 aliphatic heterocycles. The zero-order valence-corrected chi connectivity index (χ0v) is 10.2. The standard InChI is InChI=1S/C14H16O3/c1-14(9-3-4-9)8-12(15)11-6-5-10(16-2)7-13(11)17-14/h5-7,9H,3-4,8H2,1-2H3. The maximum absolute atomic E-state index is 12.1. The van der Waals surface area contributed by atoms with E-state index in [0.29, 0.717) is 23.7 Å². The SMILES string of the molecule is COc1ccc2c(c1)OC(C)(C1CC1)CC2=O. The molecular weight excluding hydrogens is 216 g/mol.